The van der Waals surface area contributed by atoms with Crippen molar-refractivity contribution in [2.24, 2.45) is 5.73 Å². The van der Waals surface area contributed by atoms with Gasteiger partial charge in [0.05, 0.1) is 0 Å². The summed E-state index contributed by atoms with van der Waals surface area (Å²) in [5, 5.41) is 15.5. The van der Waals surface area contributed by atoms with Gasteiger partial charge in [0, 0.05) is 18.9 Å². The third-order valence-electron chi connectivity index (χ3n) is 1.97. The second-order valence-corrected chi connectivity index (χ2v) is 4.27. The Bertz CT molecular complexity index is 539. The van der Waals surface area contributed by atoms with E-state index in [1.807, 2.05) is 6.07 Å². The molecule has 88 valence electrons. The van der Waals surface area contributed by atoms with Crippen LogP contribution in [0, 0.1) is 12.3 Å². The molecule has 0 saturated heterocycles. The molecular weight excluding hydrogens is 238 g/mol. The van der Waals surface area contributed by atoms with Crippen LogP contribution >= 0.6 is 11.8 Å². The number of aromatic nitrogens is 3. The smallest absolute Gasteiger partial charge is 0.276 e. The summed E-state index contributed by atoms with van der Waals surface area (Å²) in [4.78, 5) is 3.99. The van der Waals surface area contributed by atoms with Gasteiger partial charge in [0.1, 0.15) is 11.5 Å². The summed E-state index contributed by atoms with van der Waals surface area (Å²) in [5.74, 6) is 1.18. The van der Waals surface area contributed by atoms with Crippen LogP contribution in [0.2, 0.25) is 0 Å². The number of nitrogen functional groups attached to an aromatic ring is 1. The van der Waals surface area contributed by atoms with Gasteiger partial charge in [-0.05, 0) is 17.7 Å². The van der Waals surface area contributed by atoms with Crippen LogP contribution in [-0.4, -0.2) is 21.0 Å². The molecule has 2 rings (SSSR count). The minimum atomic E-state index is -0.0366. The summed E-state index contributed by atoms with van der Waals surface area (Å²) in [6.45, 7) is 1.75. The second kappa shape index (κ2) is 4.96. The van der Waals surface area contributed by atoms with Crippen molar-refractivity contribution in [2.45, 2.75) is 17.9 Å². The number of hydrogen-bond donors (Lipinski definition) is 2. The van der Waals surface area contributed by atoms with E-state index in [0.29, 0.717) is 22.6 Å². The number of nitrogens with one attached hydrogen (secondary N) is 1. The van der Waals surface area contributed by atoms with Crippen LogP contribution in [0.1, 0.15) is 17.1 Å². The Morgan fingerprint density at radius 1 is 1.53 bits per heavy atom. The molecule has 2 aromatic rings. The lowest BCUT2D eigenvalue weighted by molar-refractivity contribution is 0.429. The Labute approximate surface area is 102 Å². The Hall–Kier alpha value is -1.89. The van der Waals surface area contributed by atoms with Gasteiger partial charge < -0.3 is 10.2 Å². The van der Waals surface area contributed by atoms with Gasteiger partial charge in [-0.1, -0.05) is 11.8 Å². The predicted molar refractivity (Wildman–Crippen MR) is 63.8 cm³/mol. The van der Waals surface area contributed by atoms with Crippen molar-refractivity contribution in [3.63, 3.8) is 0 Å². The van der Waals surface area contributed by atoms with Gasteiger partial charge in [0.2, 0.25) is 5.89 Å². The fourth-order valence-corrected chi connectivity index (χ4v) is 1.94. The molecule has 0 spiro atoms. The molecule has 6 nitrogen and oxygen atoms in total. The summed E-state index contributed by atoms with van der Waals surface area (Å²) in [7, 11) is 0. The van der Waals surface area contributed by atoms with E-state index in [-0.39, 0.29) is 5.84 Å². The Morgan fingerprint density at radius 2 is 2.35 bits per heavy atom. The van der Waals surface area contributed by atoms with Crippen LogP contribution in [0.5, 0.6) is 0 Å². The molecule has 2 aromatic heterocycles. The largest absolute Gasteiger partial charge is 0.416 e. The van der Waals surface area contributed by atoms with E-state index < -0.39 is 0 Å². The molecule has 0 saturated carbocycles. The van der Waals surface area contributed by atoms with Gasteiger partial charge in [0.15, 0.2) is 0 Å². The highest BCUT2D eigenvalue weighted by Gasteiger charge is 2.05. The van der Waals surface area contributed by atoms with Crippen molar-refractivity contribution in [3.05, 3.63) is 35.5 Å². The number of nitrogens with two attached hydrogens (primary N) is 1. The summed E-state index contributed by atoms with van der Waals surface area (Å²) in [6, 6.07) is 3.64. The maximum absolute atomic E-state index is 7.30. The van der Waals surface area contributed by atoms with Crippen molar-refractivity contribution in [1.82, 2.24) is 15.2 Å². The van der Waals surface area contributed by atoms with Crippen LogP contribution in [0.3, 0.4) is 0 Å². The van der Waals surface area contributed by atoms with Crippen molar-refractivity contribution in [3.8, 4) is 0 Å². The van der Waals surface area contributed by atoms with E-state index in [1.165, 1.54) is 11.8 Å². The highest BCUT2D eigenvalue weighted by atomic mass is 32.2. The molecule has 2 heterocycles. The minimum Gasteiger partial charge on any atom is -0.416 e. The van der Waals surface area contributed by atoms with Crippen LogP contribution in [0.25, 0.3) is 0 Å². The zero-order chi connectivity index (χ0) is 12.3. The first-order valence-corrected chi connectivity index (χ1v) is 5.86. The molecule has 0 aliphatic carbocycles. The standard InChI is InChI=1S/C10H11N5OS/c1-6-14-15-10(16-6)17-5-7-2-3-13-8(4-7)9(11)12/h2-4H,5H2,1H3,(H3,11,12). The molecule has 0 fully saturated rings. The molecule has 17 heavy (non-hydrogen) atoms. The van der Waals surface area contributed by atoms with Crippen molar-refractivity contribution < 1.29 is 4.42 Å². The molecule has 0 atom stereocenters. The topological polar surface area (TPSA) is 102 Å². The monoisotopic (exact) mass is 249 g/mol. The van der Waals surface area contributed by atoms with Gasteiger partial charge in [-0.3, -0.25) is 10.4 Å². The fourth-order valence-electron chi connectivity index (χ4n) is 1.19. The third kappa shape index (κ3) is 3.04. The SMILES string of the molecule is Cc1nnc(SCc2ccnc(C(=N)N)c2)o1. The van der Waals surface area contributed by atoms with Crippen LogP contribution in [-0.2, 0) is 5.75 Å². The Balaban J connectivity index is 2.04. The van der Waals surface area contributed by atoms with Gasteiger partial charge in [-0.15, -0.1) is 10.2 Å². The molecule has 7 heteroatoms. The second-order valence-electron chi connectivity index (χ2n) is 3.34. The summed E-state index contributed by atoms with van der Waals surface area (Å²) in [6.07, 6.45) is 1.63. The Morgan fingerprint density at radius 3 is 3.00 bits per heavy atom. The van der Waals surface area contributed by atoms with Gasteiger partial charge in [0.25, 0.3) is 5.22 Å². The van der Waals surface area contributed by atoms with E-state index in [0.717, 1.165) is 5.56 Å². The molecule has 0 amide bonds. The lowest BCUT2D eigenvalue weighted by atomic mass is 10.2. The number of hydrogen-bond acceptors (Lipinski definition) is 6. The number of rotatable bonds is 4. The summed E-state index contributed by atoms with van der Waals surface area (Å²) < 4.78 is 5.24. The molecule has 0 aliphatic heterocycles. The Kier molecular flexibility index (Phi) is 3.38. The van der Waals surface area contributed by atoms with Crippen LogP contribution in [0.15, 0.2) is 28.0 Å². The zero-order valence-corrected chi connectivity index (χ0v) is 9.99. The summed E-state index contributed by atoms with van der Waals surface area (Å²) in [5.41, 5.74) is 6.85. The molecule has 3 N–H and O–H groups in total. The maximum atomic E-state index is 7.30. The van der Waals surface area contributed by atoms with E-state index in [9.17, 15) is 0 Å². The lowest BCUT2D eigenvalue weighted by Crippen LogP contribution is -2.13. The van der Waals surface area contributed by atoms with Gasteiger partial charge >= 0.3 is 0 Å². The molecular formula is C10H11N5OS. The first kappa shape index (κ1) is 11.6. The average molecular weight is 249 g/mol. The maximum Gasteiger partial charge on any atom is 0.276 e. The van der Waals surface area contributed by atoms with E-state index in [1.54, 1.807) is 19.2 Å². The first-order chi connectivity index (χ1) is 8.15. The molecule has 0 radical (unpaired) electrons. The molecule has 0 aliphatic rings. The van der Waals surface area contributed by atoms with Gasteiger partial charge in [-0.2, -0.15) is 0 Å². The fraction of sp³-hybridized carbons (Fsp3) is 0.200. The minimum absolute atomic E-state index is 0.0366. The number of thioether (sulfide) groups is 1. The van der Waals surface area contributed by atoms with Crippen molar-refractivity contribution in [2.75, 3.05) is 0 Å². The zero-order valence-electron chi connectivity index (χ0n) is 9.17. The predicted octanol–water partition coefficient (Wildman–Crippen LogP) is 1.35. The van der Waals surface area contributed by atoms with Crippen molar-refractivity contribution >= 4 is 17.6 Å². The van der Waals surface area contributed by atoms with Crippen LogP contribution < -0.4 is 5.73 Å². The number of pyridine rings is 1. The van der Waals surface area contributed by atoms with Crippen LogP contribution in [0.4, 0.5) is 0 Å². The molecule has 0 unspecified atom stereocenters. The highest BCUT2D eigenvalue weighted by Crippen LogP contribution is 2.21. The quantitative estimate of drug-likeness (QED) is 0.482. The number of aryl methyl sites for hydroxylation is 1. The number of nitrogens with zero attached hydrogens (tertiary/aromatic N) is 3. The number of amidine groups is 1. The molecule has 0 aromatic carbocycles. The lowest BCUT2D eigenvalue weighted by Gasteiger charge is -2.01. The normalized spacial score (nSPS) is 10.4. The molecule has 0 bridgehead atoms. The van der Waals surface area contributed by atoms with E-state index in [2.05, 4.69) is 15.2 Å². The highest BCUT2D eigenvalue weighted by molar-refractivity contribution is 7.98. The van der Waals surface area contributed by atoms with E-state index >= 15 is 0 Å². The summed E-state index contributed by atoms with van der Waals surface area (Å²) >= 11 is 1.44. The van der Waals surface area contributed by atoms with Gasteiger partial charge in [-0.25, -0.2) is 0 Å². The first-order valence-electron chi connectivity index (χ1n) is 4.87. The van der Waals surface area contributed by atoms with E-state index in [4.69, 9.17) is 15.6 Å². The third-order valence-corrected chi connectivity index (χ3v) is 2.86. The average Bonchev–Trinajstić information content (AvgIpc) is 2.73. The van der Waals surface area contributed by atoms with Crippen molar-refractivity contribution in [1.29, 1.82) is 5.41 Å².